The van der Waals surface area contributed by atoms with Gasteiger partial charge in [-0.3, -0.25) is 9.78 Å². The lowest BCUT2D eigenvalue weighted by Crippen LogP contribution is -2.46. The standard InChI is InChI=1S/C19H22N4O4/c1-22(2)17-9-20-10-18(21-17)26-13-7-8-23(11-13)19(24)16-12-25-14-5-3-4-6-15(14)27-16/h3-6,9-10,13,16H,7-8,11-12H2,1-2H3/t13-,16+/m0/s1. The fourth-order valence-electron chi connectivity index (χ4n) is 3.15. The fourth-order valence-corrected chi connectivity index (χ4v) is 3.15. The molecule has 142 valence electrons. The minimum Gasteiger partial charge on any atom is -0.485 e. The second-order valence-electron chi connectivity index (χ2n) is 6.79. The lowest BCUT2D eigenvalue weighted by Gasteiger charge is -2.28. The number of carbonyl (C=O) groups is 1. The first-order valence-electron chi connectivity index (χ1n) is 8.93. The Hall–Kier alpha value is -3.03. The van der Waals surface area contributed by atoms with Crippen LogP contribution in [0.2, 0.25) is 0 Å². The lowest BCUT2D eigenvalue weighted by atomic mass is 10.2. The molecule has 1 fully saturated rings. The monoisotopic (exact) mass is 370 g/mol. The van der Waals surface area contributed by atoms with Crippen LogP contribution < -0.4 is 19.1 Å². The maximum Gasteiger partial charge on any atom is 0.267 e. The Kier molecular flexibility index (Phi) is 4.70. The summed E-state index contributed by atoms with van der Waals surface area (Å²) in [5.41, 5.74) is 0. The molecule has 2 aliphatic rings. The van der Waals surface area contributed by atoms with Crippen molar-refractivity contribution in [3.8, 4) is 17.4 Å². The number of rotatable bonds is 4. The Morgan fingerprint density at radius 1 is 1.26 bits per heavy atom. The highest BCUT2D eigenvalue weighted by atomic mass is 16.6. The summed E-state index contributed by atoms with van der Waals surface area (Å²) >= 11 is 0. The first-order valence-corrected chi connectivity index (χ1v) is 8.93. The smallest absolute Gasteiger partial charge is 0.267 e. The highest BCUT2D eigenvalue weighted by molar-refractivity contribution is 5.82. The van der Waals surface area contributed by atoms with Crippen LogP contribution in [-0.4, -0.2) is 66.8 Å². The van der Waals surface area contributed by atoms with E-state index in [0.717, 1.165) is 12.2 Å². The van der Waals surface area contributed by atoms with Crippen LogP contribution in [0, 0.1) is 0 Å². The molecule has 27 heavy (non-hydrogen) atoms. The third-order valence-corrected chi connectivity index (χ3v) is 4.59. The van der Waals surface area contributed by atoms with Gasteiger partial charge in [0.25, 0.3) is 5.91 Å². The number of hydrogen-bond acceptors (Lipinski definition) is 7. The van der Waals surface area contributed by atoms with Crippen molar-refractivity contribution in [2.45, 2.75) is 18.6 Å². The van der Waals surface area contributed by atoms with Crippen LogP contribution in [0.3, 0.4) is 0 Å². The summed E-state index contributed by atoms with van der Waals surface area (Å²) in [4.78, 5) is 25.0. The van der Waals surface area contributed by atoms with Crippen LogP contribution in [0.5, 0.6) is 17.4 Å². The number of carbonyl (C=O) groups excluding carboxylic acids is 1. The van der Waals surface area contributed by atoms with E-state index in [4.69, 9.17) is 14.2 Å². The third kappa shape index (κ3) is 3.74. The van der Waals surface area contributed by atoms with Gasteiger partial charge < -0.3 is 24.0 Å². The molecule has 1 aromatic heterocycles. The average molecular weight is 370 g/mol. The maximum absolute atomic E-state index is 12.8. The quantitative estimate of drug-likeness (QED) is 0.804. The minimum absolute atomic E-state index is 0.0799. The zero-order valence-electron chi connectivity index (χ0n) is 15.4. The predicted molar refractivity (Wildman–Crippen MR) is 98.3 cm³/mol. The molecule has 1 aromatic carbocycles. The zero-order valence-corrected chi connectivity index (χ0v) is 15.4. The number of aromatic nitrogens is 2. The molecule has 1 saturated heterocycles. The van der Waals surface area contributed by atoms with E-state index in [1.54, 1.807) is 23.4 Å². The maximum atomic E-state index is 12.8. The SMILES string of the molecule is CN(C)c1cncc(O[C@H]2CCN(C(=O)[C@H]3COc4ccccc4O3)C2)n1. The summed E-state index contributed by atoms with van der Waals surface area (Å²) in [5, 5.41) is 0. The second kappa shape index (κ2) is 7.30. The van der Waals surface area contributed by atoms with Gasteiger partial charge in [0.2, 0.25) is 12.0 Å². The summed E-state index contributed by atoms with van der Waals surface area (Å²) in [7, 11) is 3.79. The Balaban J connectivity index is 1.36. The van der Waals surface area contributed by atoms with Gasteiger partial charge in [-0.15, -0.1) is 0 Å². The number of hydrogen-bond donors (Lipinski definition) is 0. The summed E-state index contributed by atoms with van der Waals surface area (Å²) in [6.07, 6.45) is 3.26. The van der Waals surface area contributed by atoms with Crippen LogP contribution in [0.15, 0.2) is 36.7 Å². The molecule has 1 amide bonds. The van der Waals surface area contributed by atoms with Gasteiger partial charge in [-0.05, 0) is 12.1 Å². The van der Waals surface area contributed by atoms with E-state index in [-0.39, 0.29) is 18.6 Å². The van der Waals surface area contributed by atoms with Crippen molar-refractivity contribution in [1.29, 1.82) is 0 Å². The topological polar surface area (TPSA) is 77.0 Å². The van der Waals surface area contributed by atoms with E-state index in [1.807, 2.05) is 37.2 Å². The number of para-hydroxylation sites is 2. The van der Waals surface area contributed by atoms with E-state index in [1.165, 1.54) is 0 Å². The van der Waals surface area contributed by atoms with Crippen LogP contribution in [-0.2, 0) is 4.79 Å². The van der Waals surface area contributed by atoms with Crippen molar-refractivity contribution in [3.05, 3.63) is 36.7 Å². The number of nitrogens with zero attached hydrogens (tertiary/aromatic N) is 4. The minimum atomic E-state index is -0.629. The van der Waals surface area contributed by atoms with Crippen molar-refractivity contribution in [2.24, 2.45) is 0 Å². The molecule has 2 aliphatic heterocycles. The van der Waals surface area contributed by atoms with E-state index >= 15 is 0 Å². The van der Waals surface area contributed by atoms with Gasteiger partial charge in [0, 0.05) is 27.1 Å². The highest BCUT2D eigenvalue weighted by Gasteiger charge is 2.35. The van der Waals surface area contributed by atoms with Crippen LogP contribution in [0.25, 0.3) is 0 Å². The van der Waals surface area contributed by atoms with Crippen LogP contribution >= 0.6 is 0 Å². The predicted octanol–water partition coefficient (Wildman–Crippen LogP) is 1.36. The van der Waals surface area contributed by atoms with Gasteiger partial charge in [-0.1, -0.05) is 12.1 Å². The van der Waals surface area contributed by atoms with Crippen molar-refractivity contribution in [3.63, 3.8) is 0 Å². The average Bonchev–Trinajstić information content (AvgIpc) is 3.15. The summed E-state index contributed by atoms with van der Waals surface area (Å²) in [5.74, 6) is 2.38. The third-order valence-electron chi connectivity index (χ3n) is 4.59. The van der Waals surface area contributed by atoms with Crippen molar-refractivity contribution in [1.82, 2.24) is 14.9 Å². The number of benzene rings is 1. The molecule has 2 atom stereocenters. The molecule has 0 bridgehead atoms. The van der Waals surface area contributed by atoms with E-state index in [0.29, 0.717) is 30.5 Å². The van der Waals surface area contributed by atoms with E-state index in [2.05, 4.69) is 9.97 Å². The molecule has 8 nitrogen and oxygen atoms in total. The number of ether oxygens (including phenoxy) is 3. The molecule has 3 heterocycles. The second-order valence-corrected chi connectivity index (χ2v) is 6.79. The van der Waals surface area contributed by atoms with Crippen molar-refractivity contribution < 1.29 is 19.0 Å². The van der Waals surface area contributed by atoms with Crippen molar-refractivity contribution >= 4 is 11.7 Å². The molecule has 0 spiro atoms. The largest absolute Gasteiger partial charge is 0.485 e. The number of fused-ring (bicyclic) bond motifs is 1. The molecule has 4 rings (SSSR count). The molecule has 2 aromatic rings. The molecule has 8 heteroatoms. The molecule has 0 aliphatic carbocycles. The van der Waals surface area contributed by atoms with Crippen LogP contribution in [0.1, 0.15) is 6.42 Å². The van der Waals surface area contributed by atoms with E-state index < -0.39 is 6.10 Å². The zero-order chi connectivity index (χ0) is 18.8. The molecule has 0 unspecified atom stereocenters. The molecule has 0 saturated carbocycles. The normalized spacial score (nSPS) is 21.0. The first-order chi connectivity index (χ1) is 13.1. The van der Waals surface area contributed by atoms with Gasteiger partial charge in [0.05, 0.1) is 18.9 Å². The van der Waals surface area contributed by atoms with Gasteiger partial charge in [0.1, 0.15) is 12.7 Å². The summed E-state index contributed by atoms with van der Waals surface area (Å²) in [6.45, 7) is 1.33. The fraction of sp³-hybridized carbons (Fsp3) is 0.421. The first kappa shape index (κ1) is 17.4. The van der Waals surface area contributed by atoms with Crippen LogP contribution in [0.4, 0.5) is 5.82 Å². The van der Waals surface area contributed by atoms with Gasteiger partial charge in [0.15, 0.2) is 17.3 Å². The highest BCUT2D eigenvalue weighted by Crippen LogP contribution is 2.31. The van der Waals surface area contributed by atoms with Gasteiger partial charge in [-0.2, -0.15) is 4.98 Å². The summed E-state index contributed by atoms with van der Waals surface area (Å²) < 4.78 is 17.4. The molecular formula is C19H22N4O4. The number of anilines is 1. The van der Waals surface area contributed by atoms with E-state index in [9.17, 15) is 4.79 Å². The molecule has 0 radical (unpaired) electrons. The number of amides is 1. The summed E-state index contributed by atoms with van der Waals surface area (Å²) in [6, 6.07) is 7.37. The lowest BCUT2D eigenvalue weighted by molar-refractivity contribution is -0.140. The number of likely N-dealkylation sites (tertiary alicyclic amines) is 1. The van der Waals surface area contributed by atoms with Gasteiger partial charge in [-0.25, -0.2) is 0 Å². The molecule has 0 N–H and O–H groups in total. The Morgan fingerprint density at radius 2 is 2.07 bits per heavy atom. The Labute approximate surface area is 157 Å². The van der Waals surface area contributed by atoms with Crippen molar-refractivity contribution in [2.75, 3.05) is 38.7 Å². The Morgan fingerprint density at radius 3 is 2.89 bits per heavy atom. The molecular weight excluding hydrogens is 348 g/mol. The Bertz CT molecular complexity index is 829. The van der Waals surface area contributed by atoms with Gasteiger partial charge >= 0.3 is 0 Å².